The third-order valence-corrected chi connectivity index (χ3v) is 5.68. The number of hydrogen-bond donors (Lipinski definition) is 1. The fourth-order valence-corrected chi connectivity index (χ4v) is 4.43. The summed E-state index contributed by atoms with van der Waals surface area (Å²) in [6, 6.07) is 12.5. The molecule has 1 atom stereocenters. The molecule has 2 aromatic carbocycles. The van der Waals surface area contributed by atoms with E-state index in [1.165, 1.54) is 11.1 Å². The monoisotopic (exact) mass is 403 g/mol. The summed E-state index contributed by atoms with van der Waals surface area (Å²) in [7, 11) is 0. The molecule has 0 amide bonds. The van der Waals surface area contributed by atoms with Crippen molar-refractivity contribution < 1.29 is 14.7 Å². The number of carbonyl (C=O) groups excluding carboxylic acids is 1. The van der Waals surface area contributed by atoms with Gasteiger partial charge in [0.05, 0.1) is 10.9 Å². The quantitative estimate of drug-likeness (QED) is 0.644. The Hall–Kier alpha value is -3.28. The fraction of sp³-hybridized carbons (Fsp3) is 0.333. The predicted molar refractivity (Wildman–Crippen MR) is 117 cm³/mol. The van der Waals surface area contributed by atoms with Crippen molar-refractivity contribution in [2.45, 2.75) is 33.1 Å². The van der Waals surface area contributed by atoms with Crippen molar-refractivity contribution in [2.24, 2.45) is 5.92 Å². The number of piperidine rings is 1. The first-order valence-corrected chi connectivity index (χ1v) is 10.2. The van der Waals surface area contributed by atoms with Crippen molar-refractivity contribution in [3.05, 3.63) is 53.9 Å². The average molecular weight is 403 g/mol. The van der Waals surface area contributed by atoms with Gasteiger partial charge in [-0.3, -0.25) is 9.59 Å². The number of anilines is 1. The zero-order valence-electron chi connectivity index (χ0n) is 17.3. The van der Waals surface area contributed by atoms with Crippen LogP contribution in [0.15, 0.2) is 42.7 Å². The van der Waals surface area contributed by atoms with E-state index < -0.39 is 12.4 Å². The molecule has 1 unspecified atom stereocenters. The van der Waals surface area contributed by atoms with Crippen LogP contribution in [0.4, 0.5) is 5.82 Å². The van der Waals surface area contributed by atoms with Crippen LogP contribution in [-0.4, -0.2) is 39.9 Å². The van der Waals surface area contributed by atoms with Crippen LogP contribution in [0.2, 0.25) is 0 Å². The van der Waals surface area contributed by atoms with Gasteiger partial charge in [0.25, 0.3) is 0 Å². The number of carboxylic acid groups (broad SMARTS) is 1. The molecule has 154 valence electrons. The minimum absolute atomic E-state index is 0.208. The number of aryl methyl sites for hydroxylation is 2. The molecular formula is C24H25N3O3. The van der Waals surface area contributed by atoms with Gasteiger partial charge in [-0.25, -0.2) is 9.97 Å². The lowest BCUT2D eigenvalue weighted by Gasteiger charge is -2.33. The Morgan fingerprint density at radius 2 is 1.90 bits per heavy atom. The van der Waals surface area contributed by atoms with Crippen molar-refractivity contribution in [2.75, 3.05) is 18.0 Å². The number of carboxylic acids is 1. The molecule has 6 nitrogen and oxygen atoms in total. The molecule has 6 heteroatoms. The van der Waals surface area contributed by atoms with Gasteiger partial charge in [0, 0.05) is 19.0 Å². The van der Waals surface area contributed by atoms with Gasteiger partial charge in [-0.15, -0.1) is 0 Å². The van der Waals surface area contributed by atoms with Gasteiger partial charge in [-0.1, -0.05) is 41.5 Å². The highest BCUT2D eigenvalue weighted by molar-refractivity contribution is 6.02. The van der Waals surface area contributed by atoms with Gasteiger partial charge in [-0.2, -0.15) is 0 Å². The maximum atomic E-state index is 12.4. The molecule has 2 heterocycles. The Morgan fingerprint density at radius 1 is 1.13 bits per heavy atom. The summed E-state index contributed by atoms with van der Waals surface area (Å²) in [5.41, 5.74) is 5.42. The van der Waals surface area contributed by atoms with E-state index in [4.69, 9.17) is 5.11 Å². The second-order valence-corrected chi connectivity index (χ2v) is 8.10. The maximum Gasteiger partial charge on any atom is 0.310 e. The number of aliphatic carboxylic acids is 1. The smallest absolute Gasteiger partial charge is 0.310 e. The predicted octanol–water partition coefficient (Wildman–Crippen LogP) is 4.17. The molecule has 1 N–H and O–H groups in total. The SMILES string of the molecule is Cc1cc(C)cc(-c2cccc3ncnc(N4CCCC(C(=O)CC(=O)O)C4)c23)c1. The molecule has 0 bridgehead atoms. The van der Waals surface area contributed by atoms with E-state index in [1.54, 1.807) is 6.33 Å². The number of hydrogen-bond acceptors (Lipinski definition) is 5. The van der Waals surface area contributed by atoms with Crippen molar-refractivity contribution in [3.63, 3.8) is 0 Å². The molecule has 1 fully saturated rings. The van der Waals surface area contributed by atoms with Crippen molar-refractivity contribution >= 4 is 28.5 Å². The van der Waals surface area contributed by atoms with Gasteiger partial charge in [0.2, 0.25) is 0 Å². The number of fused-ring (bicyclic) bond motifs is 1. The molecule has 3 aromatic rings. The zero-order valence-corrected chi connectivity index (χ0v) is 17.3. The van der Waals surface area contributed by atoms with E-state index in [0.717, 1.165) is 47.2 Å². The fourth-order valence-electron chi connectivity index (χ4n) is 4.43. The average Bonchev–Trinajstić information content (AvgIpc) is 2.72. The highest BCUT2D eigenvalue weighted by Crippen LogP contribution is 2.36. The first-order chi connectivity index (χ1) is 14.4. The molecule has 0 saturated carbocycles. The minimum Gasteiger partial charge on any atom is -0.481 e. The van der Waals surface area contributed by atoms with E-state index in [9.17, 15) is 9.59 Å². The largest absolute Gasteiger partial charge is 0.481 e. The number of rotatable bonds is 5. The standard InChI is InChI=1S/C24H25N3O3/c1-15-9-16(2)11-18(10-15)19-6-3-7-20-23(19)24(26-14-25-20)27-8-4-5-17(13-27)21(28)12-22(29)30/h3,6-7,9-11,14,17H,4-5,8,12-13H2,1-2H3,(H,29,30). The van der Waals surface area contributed by atoms with Crippen LogP contribution >= 0.6 is 0 Å². The Morgan fingerprint density at radius 3 is 2.63 bits per heavy atom. The summed E-state index contributed by atoms with van der Waals surface area (Å²) < 4.78 is 0. The Labute approximate surface area is 175 Å². The number of carbonyl (C=O) groups is 2. The van der Waals surface area contributed by atoms with Crippen molar-refractivity contribution in [1.82, 2.24) is 9.97 Å². The van der Waals surface area contributed by atoms with Crippen LogP contribution in [0.3, 0.4) is 0 Å². The van der Waals surface area contributed by atoms with Crippen LogP contribution in [0.1, 0.15) is 30.4 Å². The third kappa shape index (κ3) is 4.03. The first kappa shape index (κ1) is 20.0. The van der Waals surface area contributed by atoms with Crippen molar-refractivity contribution in [3.8, 4) is 11.1 Å². The van der Waals surface area contributed by atoms with Crippen molar-refractivity contribution in [1.29, 1.82) is 0 Å². The molecule has 1 saturated heterocycles. The number of aromatic nitrogens is 2. The van der Waals surface area contributed by atoms with Crippen LogP contribution in [0, 0.1) is 19.8 Å². The zero-order chi connectivity index (χ0) is 21.3. The van der Waals surface area contributed by atoms with Crippen LogP contribution in [0.5, 0.6) is 0 Å². The maximum absolute atomic E-state index is 12.4. The molecule has 1 aliphatic heterocycles. The first-order valence-electron chi connectivity index (χ1n) is 10.2. The lowest BCUT2D eigenvalue weighted by molar-refractivity contribution is -0.141. The summed E-state index contributed by atoms with van der Waals surface area (Å²) in [6.07, 6.45) is 2.69. The third-order valence-electron chi connectivity index (χ3n) is 5.68. The molecule has 1 aromatic heterocycles. The Bertz CT molecular complexity index is 1100. The highest BCUT2D eigenvalue weighted by Gasteiger charge is 2.29. The Kier molecular flexibility index (Phi) is 5.48. The van der Waals surface area contributed by atoms with Gasteiger partial charge < -0.3 is 10.0 Å². The highest BCUT2D eigenvalue weighted by atomic mass is 16.4. The van der Waals surface area contributed by atoms with Gasteiger partial charge in [0.1, 0.15) is 24.3 Å². The topological polar surface area (TPSA) is 83.4 Å². The second kappa shape index (κ2) is 8.22. The molecule has 0 radical (unpaired) electrons. The van der Waals surface area contributed by atoms with E-state index in [0.29, 0.717) is 6.54 Å². The lowest BCUT2D eigenvalue weighted by Crippen LogP contribution is -2.39. The normalized spacial score (nSPS) is 16.6. The molecule has 30 heavy (non-hydrogen) atoms. The van der Waals surface area contributed by atoms with Gasteiger partial charge in [0.15, 0.2) is 0 Å². The second-order valence-electron chi connectivity index (χ2n) is 8.10. The minimum atomic E-state index is -1.07. The van der Waals surface area contributed by atoms with E-state index >= 15 is 0 Å². The van der Waals surface area contributed by atoms with Crippen LogP contribution < -0.4 is 4.90 Å². The van der Waals surface area contributed by atoms with Gasteiger partial charge >= 0.3 is 5.97 Å². The lowest BCUT2D eigenvalue weighted by atomic mass is 9.91. The van der Waals surface area contributed by atoms with E-state index in [1.807, 2.05) is 12.1 Å². The summed E-state index contributed by atoms with van der Waals surface area (Å²) in [5, 5.41) is 9.96. The van der Waals surface area contributed by atoms with E-state index in [2.05, 4.69) is 53.0 Å². The molecule has 1 aliphatic rings. The number of nitrogens with zero attached hydrogens (tertiary/aromatic N) is 3. The Balaban J connectivity index is 1.78. The number of Topliss-reactive ketones (excluding diaryl/α,β-unsaturated/α-hetero) is 1. The van der Waals surface area contributed by atoms with Gasteiger partial charge in [-0.05, 0) is 43.9 Å². The summed E-state index contributed by atoms with van der Waals surface area (Å²) in [4.78, 5) is 34.5. The summed E-state index contributed by atoms with van der Waals surface area (Å²) in [6.45, 7) is 5.44. The summed E-state index contributed by atoms with van der Waals surface area (Å²) >= 11 is 0. The molecule has 0 aliphatic carbocycles. The summed E-state index contributed by atoms with van der Waals surface area (Å²) in [5.74, 6) is -0.752. The van der Waals surface area contributed by atoms with E-state index in [-0.39, 0.29) is 11.7 Å². The van der Waals surface area contributed by atoms with Crippen LogP contribution in [0.25, 0.3) is 22.0 Å². The van der Waals surface area contributed by atoms with Crippen LogP contribution in [-0.2, 0) is 9.59 Å². The molecule has 4 rings (SSSR count). The molecular weight excluding hydrogens is 378 g/mol. The molecule has 0 spiro atoms. The number of ketones is 1. The number of benzene rings is 2.